The molecule has 1 atom stereocenters. The van der Waals surface area contributed by atoms with Crippen molar-refractivity contribution >= 4 is 34.3 Å². The molecule has 0 saturated heterocycles. The molecule has 0 spiro atoms. The van der Waals surface area contributed by atoms with E-state index in [0.29, 0.717) is 4.43 Å². The number of esters is 1. The molecule has 20 heavy (non-hydrogen) atoms. The van der Waals surface area contributed by atoms with Crippen molar-refractivity contribution in [2.45, 2.75) is 84.2 Å². The second kappa shape index (κ2) is 13.8. The minimum absolute atomic E-state index is 0.000636. The highest BCUT2D eigenvalue weighted by Gasteiger charge is 2.15. The van der Waals surface area contributed by atoms with Gasteiger partial charge in [0.25, 0.3) is 0 Å². The fraction of sp³-hybridized carbons (Fsp3) is 0.875. The van der Waals surface area contributed by atoms with Crippen molar-refractivity contribution in [3.8, 4) is 0 Å². The first kappa shape index (κ1) is 19.9. The van der Waals surface area contributed by atoms with E-state index in [2.05, 4.69) is 13.8 Å². The lowest BCUT2D eigenvalue weighted by Gasteiger charge is -2.17. The second-order valence-corrected chi connectivity index (χ2v) is 6.07. The van der Waals surface area contributed by atoms with Crippen molar-refractivity contribution in [3.63, 3.8) is 0 Å². The largest absolute Gasteiger partial charge is 0.462 e. The zero-order chi connectivity index (χ0) is 15.2. The summed E-state index contributed by atoms with van der Waals surface area (Å²) in [5.41, 5.74) is 0. The normalized spacial score (nSPS) is 12.2. The average Bonchev–Trinajstić information content (AvgIpc) is 2.42. The van der Waals surface area contributed by atoms with Gasteiger partial charge in [-0.15, -0.1) is 0 Å². The molecule has 4 heteroatoms. The maximum Gasteiger partial charge on any atom is 0.313 e. The van der Waals surface area contributed by atoms with Crippen LogP contribution in [0, 0.1) is 0 Å². The van der Waals surface area contributed by atoms with Crippen molar-refractivity contribution < 1.29 is 14.3 Å². The van der Waals surface area contributed by atoms with Crippen LogP contribution in [-0.4, -0.2) is 22.3 Å². The zero-order valence-electron chi connectivity index (χ0n) is 13.0. The summed E-state index contributed by atoms with van der Waals surface area (Å²) < 4.78 is 5.81. The monoisotopic (exact) mass is 396 g/mol. The zero-order valence-corrected chi connectivity index (χ0v) is 15.1. The number of alkyl halides is 1. The highest BCUT2D eigenvalue weighted by Crippen LogP contribution is 2.14. The summed E-state index contributed by atoms with van der Waals surface area (Å²) in [6.45, 7) is 4.31. The molecule has 0 radical (unpaired) electrons. The predicted octanol–water partition coefficient (Wildman–Crippen LogP) is 4.84. The molecule has 0 aliphatic rings. The van der Waals surface area contributed by atoms with E-state index in [1.54, 1.807) is 0 Å². The molecule has 0 aliphatic carbocycles. The molecule has 0 aromatic rings. The lowest BCUT2D eigenvalue weighted by atomic mass is 10.0. The van der Waals surface area contributed by atoms with Crippen molar-refractivity contribution in [3.05, 3.63) is 0 Å². The Morgan fingerprint density at radius 1 is 0.950 bits per heavy atom. The summed E-state index contributed by atoms with van der Waals surface area (Å²) in [5.74, 6) is -0.401. The average molecular weight is 396 g/mol. The molecule has 0 bridgehead atoms. The van der Waals surface area contributed by atoms with E-state index in [0.717, 1.165) is 25.7 Å². The Balaban J connectivity index is 3.85. The van der Waals surface area contributed by atoms with Crippen LogP contribution in [0.3, 0.4) is 0 Å². The minimum atomic E-state index is -0.351. The van der Waals surface area contributed by atoms with Gasteiger partial charge in [0.05, 0.1) is 4.43 Å². The Bertz CT molecular complexity index is 266. The van der Waals surface area contributed by atoms with Crippen LogP contribution in [0.4, 0.5) is 0 Å². The maximum atomic E-state index is 11.6. The Labute approximate surface area is 137 Å². The highest BCUT2D eigenvalue weighted by atomic mass is 127. The van der Waals surface area contributed by atoms with Crippen LogP contribution in [0.1, 0.15) is 78.1 Å². The number of carbonyl (C=O) groups is 2. The molecule has 0 heterocycles. The fourth-order valence-corrected chi connectivity index (χ4v) is 2.44. The van der Waals surface area contributed by atoms with Gasteiger partial charge in [-0.25, -0.2) is 0 Å². The lowest BCUT2D eigenvalue weighted by Crippen LogP contribution is -2.20. The molecule has 118 valence electrons. The third-order valence-corrected chi connectivity index (χ3v) is 4.13. The molecule has 0 aliphatic heterocycles. The van der Waals surface area contributed by atoms with Crippen molar-refractivity contribution in [2.75, 3.05) is 4.43 Å². The number of unbranched alkanes of at least 4 members (excludes halogenated alkanes) is 5. The molecule has 0 saturated carbocycles. The van der Waals surface area contributed by atoms with E-state index >= 15 is 0 Å². The number of carbonyl (C=O) groups excluding carboxylic acids is 2. The third kappa shape index (κ3) is 11.7. The van der Waals surface area contributed by atoms with Gasteiger partial charge in [0.1, 0.15) is 12.5 Å². The molecule has 3 nitrogen and oxygen atoms in total. The van der Waals surface area contributed by atoms with Crippen LogP contribution >= 0.6 is 22.6 Å². The molecule has 0 N–H and O–H groups in total. The fourth-order valence-electron chi connectivity index (χ4n) is 2.17. The molecule has 0 fully saturated rings. The van der Waals surface area contributed by atoms with E-state index in [9.17, 15) is 9.59 Å². The Morgan fingerprint density at radius 3 is 2.20 bits per heavy atom. The van der Waals surface area contributed by atoms with Gasteiger partial charge in [-0.1, -0.05) is 75.0 Å². The summed E-state index contributed by atoms with van der Waals surface area (Å²) in [4.78, 5) is 22.8. The predicted molar refractivity (Wildman–Crippen MR) is 91.3 cm³/mol. The van der Waals surface area contributed by atoms with E-state index in [1.165, 1.54) is 32.1 Å². The Hall–Kier alpha value is -0.130. The third-order valence-electron chi connectivity index (χ3n) is 3.28. The van der Waals surface area contributed by atoms with Gasteiger partial charge in [0.15, 0.2) is 5.78 Å². The number of halogens is 1. The van der Waals surface area contributed by atoms with Crippen LogP contribution in [0.15, 0.2) is 0 Å². The summed E-state index contributed by atoms with van der Waals surface area (Å²) in [6.07, 6.45) is 10.3. The summed E-state index contributed by atoms with van der Waals surface area (Å²) >= 11 is 1.98. The Morgan fingerprint density at radius 2 is 1.60 bits per heavy atom. The first-order valence-electron chi connectivity index (χ1n) is 7.91. The van der Waals surface area contributed by atoms with Crippen molar-refractivity contribution in [2.24, 2.45) is 0 Å². The van der Waals surface area contributed by atoms with Gasteiger partial charge in [-0.2, -0.15) is 0 Å². The Kier molecular flexibility index (Phi) is 13.7. The number of hydrogen-bond donors (Lipinski definition) is 0. The van der Waals surface area contributed by atoms with Gasteiger partial charge in [0, 0.05) is 0 Å². The molecule has 0 amide bonds. The topological polar surface area (TPSA) is 43.4 Å². The first-order chi connectivity index (χ1) is 9.63. The number of ketones is 1. The van der Waals surface area contributed by atoms with Crippen LogP contribution in [0.2, 0.25) is 0 Å². The van der Waals surface area contributed by atoms with E-state index in [1.807, 2.05) is 22.6 Å². The summed E-state index contributed by atoms with van der Waals surface area (Å²) in [7, 11) is 0. The molecule has 0 aromatic heterocycles. The number of hydrogen-bond acceptors (Lipinski definition) is 3. The number of Topliss-reactive ketones (excluding diaryl/α,β-unsaturated/α-hetero) is 1. The number of ether oxygens (including phenoxy) is 1. The maximum absolute atomic E-state index is 11.6. The molecule has 1 unspecified atom stereocenters. The van der Waals surface area contributed by atoms with E-state index < -0.39 is 0 Å². The van der Waals surface area contributed by atoms with Gasteiger partial charge in [-0.3, -0.25) is 9.59 Å². The lowest BCUT2D eigenvalue weighted by molar-refractivity contribution is -0.151. The molecular formula is C16H29IO3. The molecule has 0 aromatic carbocycles. The summed E-state index contributed by atoms with van der Waals surface area (Å²) in [6, 6.07) is 0. The van der Waals surface area contributed by atoms with Crippen LogP contribution in [0.5, 0.6) is 0 Å². The van der Waals surface area contributed by atoms with Gasteiger partial charge >= 0.3 is 5.97 Å². The van der Waals surface area contributed by atoms with E-state index in [-0.39, 0.29) is 24.3 Å². The van der Waals surface area contributed by atoms with E-state index in [4.69, 9.17) is 4.74 Å². The molecule has 0 rings (SSSR count). The van der Waals surface area contributed by atoms with Crippen molar-refractivity contribution in [1.82, 2.24) is 0 Å². The van der Waals surface area contributed by atoms with Crippen LogP contribution in [-0.2, 0) is 14.3 Å². The highest BCUT2D eigenvalue weighted by molar-refractivity contribution is 14.1. The quantitative estimate of drug-likeness (QED) is 0.147. The van der Waals surface area contributed by atoms with Gasteiger partial charge < -0.3 is 4.74 Å². The molecular weight excluding hydrogens is 367 g/mol. The SMILES string of the molecule is CCCCCCCCC(CCC)OC(=O)CC(=O)CI. The smallest absolute Gasteiger partial charge is 0.313 e. The van der Waals surface area contributed by atoms with Crippen LogP contribution < -0.4 is 0 Å². The minimum Gasteiger partial charge on any atom is -0.462 e. The van der Waals surface area contributed by atoms with Crippen LogP contribution in [0.25, 0.3) is 0 Å². The first-order valence-corrected chi connectivity index (χ1v) is 9.43. The standard InChI is InChI=1S/C16H29IO3/c1-3-5-6-7-8-9-11-15(10-4-2)20-16(19)12-14(18)13-17/h15H,3-13H2,1-2H3. The van der Waals surface area contributed by atoms with Crippen molar-refractivity contribution in [1.29, 1.82) is 0 Å². The number of rotatable bonds is 13. The van der Waals surface area contributed by atoms with Gasteiger partial charge in [-0.05, 0) is 19.3 Å². The second-order valence-electron chi connectivity index (χ2n) is 5.31. The van der Waals surface area contributed by atoms with Gasteiger partial charge in [0.2, 0.25) is 0 Å². The summed E-state index contributed by atoms with van der Waals surface area (Å²) in [5, 5.41) is 0.